The summed E-state index contributed by atoms with van der Waals surface area (Å²) in [7, 11) is 0. The molecule has 0 fully saturated rings. The first-order valence-corrected chi connectivity index (χ1v) is 29.4. The van der Waals surface area contributed by atoms with Crippen molar-refractivity contribution >= 4 is 79.5 Å². The number of nitrogens with zero attached hydrogens (tertiary/aromatic N) is 2. The van der Waals surface area contributed by atoms with Gasteiger partial charge in [0.25, 0.3) is 0 Å². The molecule has 0 saturated heterocycles. The van der Waals surface area contributed by atoms with Crippen LogP contribution in [0.1, 0.15) is 19.5 Å². The lowest BCUT2D eigenvalue weighted by Gasteiger charge is -2.27. The zero-order valence-corrected chi connectivity index (χ0v) is 46.6. The summed E-state index contributed by atoms with van der Waals surface area (Å²) in [5.74, 6) is 6.80. The van der Waals surface area contributed by atoms with Crippen molar-refractivity contribution < 1.29 is 37.9 Å². The van der Waals surface area contributed by atoms with Crippen molar-refractivity contribution in [2.45, 2.75) is 27.7 Å². The Morgan fingerprint density at radius 3 is 0.590 bits per heavy atom. The van der Waals surface area contributed by atoms with Gasteiger partial charge < -0.3 is 47.7 Å². The van der Waals surface area contributed by atoms with Crippen LogP contribution in [0.15, 0.2) is 146 Å². The number of anilines is 6. The van der Waals surface area contributed by atoms with Crippen LogP contribution in [-0.4, -0.2) is 52.9 Å². The summed E-state index contributed by atoms with van der Waals surface area (Å²) >= 11 is 6.84. The highest BCUT2D eigenvalue weighted by atomic mass is 32.1. The predicted octanol–water partition coefficient (Wildman–Crippen LogP) is 17.5. The van der Waals surface area contributed by atoms with E-state index in [-0.39, 0.29) is 0 Å². The molecular formula is C64H52N2O8S4. The van der Waals surface area contributed by atoms with Crippen molar-refractivity contribution in [1.82, 2.24) is 0 Å². The molecule has 4 aliphatic heterocycles. The van der Waals surface area contributed by atoms with Gasteiger partial charge in [-0.3, -0.25) is 0 Å². The van der Waals surface area contributed by atoms with Crippen LogP contribution >= 0.6 is 45.3 Å². The summed E-state index contributed by atoms with van der Waals surface area (Å²) < 4.78 is 48.6. The van der Waals surface area contributed by atoms with Gasteiger partial charge in [-0.2, -0.15) is 0 Å². The minimum absolute atomic E-state index is 0.545. The molecule has 0 amide bonds. The molecule has 78 heavy (non-hydrogen) atoms. The Bertz CT molecular complexity index is 3380. The molecule has 14 heteroatoms. The van der Waals surface area contributed by atoms with E-state index in [1.807, 2.05) is 0 Å². The molecule has 14 rings (SSSR count). The van der Waals surface area contributed by atoms with Gasteiger partial charge in [-0.15, -0.1) is 45.3 Å². The van der Waals surface area contributed by atoms with Gasteiger partial charge in [0.05, 0.1) is 19.5 Å². The van der Waals surface area contributed by atoms with Gasteiger partial charge in [0.15, 0.2) is 46.0 Å². The summed E-state index contributed by atoms with van der Waals surface area (Å²) in [6.07, 6.45) is 0. The first-order valence-electron chi connectivity index (χ1n) is 26.1. The molecule has 10 aromatic rings. The highest BCUT2D eigenvalue weighted by Crippen LogP contribution is 2.54. The summed E-state index contributed by atoms with van der Waals surface area (Å²) in [6.45, 7) is 12.8. The number of rotatable bonds is 11. The van der Waals surface area contributed by atoms with Gasteiger partial charge in [0.1, 0.15) is 52.9 Å². The first kappa shape index (κ1) is 48.5. The van der Waals surface area contributed by atoms with Crippen LogP contribution < -0.4 is 47.7 Å². The van der Waals surface area contributed by atoms with E-state index < -0.39 is 0 Å². The second kappa shape index (κ2) is 20.2. The van der Waals surface area contributed by atoms with E-state index >= 15 is 0 Å². The van der Waals surface area contributed by atoms with Gasteiger partial charge in [-0.25, -0.2) is 0 Å². The molecule has 0 unspecified atom stereocenters. The Hall–Kier alpha value is -7.88. The zero-order chi connectivity index (χ0) is 52.4. The Morgan fingerprint density at radius 1 is 0.231 bits per heavy atom. The van der Waals surface area contributed by atoms with Crippen LogP contribution in [0.3, 0.4) is 0 Å². The maximum absolute atomic E-state index is 6.15. The highest BCUT2D eigenvalue weighted by Gasteiger charge is 2.28. The van der Waals surface area contributed by atoms with Gasteiger partial charge in [-0.1, -0.05) is 72.8 Å². The second-order valence-electron chi connectivity index (χ2n) is 19.3. The summed E-state index contributed by atoms with van der Waals surface area (Å²) in [5, 5.41) is 0. The summed E-state index contributed by atoms with van der Waals surface area (Å²) in [6, 6.07) is 52.7. The highest BCUT2D eigenvalue weighted by molar-refractivity contribution is 7.17. The van der Waals surface area contributed by atoms with Crippen molar-refractivity contribution in [2.75, 3.05) is 62.7 Å². The SMILES string of the molecule is Cc1sc(-c2ccc(N(c3ccc(-c4ccc(N(c5ccc(-c6sc(C)c7c6OCCO7)cc5)c5ccc(-c6sc(C)c7c6OCCO7)cc5)cc4)cc3)c3ccc(-c4sc(C)c5c4OCCO5)cc3)cc2)c2c1OCCO2. The third-order valence-electron chi connectivity index (χ3n) is 14.4. The zero-order valence-electron chi connectivity index (χ0n) is 43.3. The first-order chi connectivity index (χ1) is 38.3. The van der Waals surface area contributed by atoms with E-state index in [1.165, 1.54) is 0 Å². The van der Waals surface area contributed by atoms with Gasteiger partial charge in [0, 0.05) is 53.6 Å². The van der Waals surface area contributed by atoms with Crippen molar-refractivity contribution in [3.05, 3.63) is 165 Å². The van der Waals surface area contributed by atoms with Crippen molar-refractivity contribution in [3.8, 4) is 98.9 Å². The van der Waals surface area contributed by atoms with E-state index in [1.54, 1.807) is 45.3 Å². The number of aryl methyl sites for hydroxylation is 4. The second-order valence-corrected chi connectivity index (χ2v) is 24.2. The predicted molar refractivity (Wildman–Crippen MR) is 317 cm³/mol. The molecule has 4 aliphatic rings. The van der Waals surface area contributed by atoms with Crippen LogP contribution in [0.2, 0.25) is 0 Å². The lowest BCUT2D eigenvalue weighted by Crippen LogP contribution is -2.15. The molecule has 0 N–H and O–H groups in total. The fourth-order valence-corrected chi connectivity index (χ4v) is 14.9. The summed E-state index contributed by atoms with van der Waals surface area (Å²) in [4.78, 5) is 13.4. The Morgan fingerprint density at radius 2 is 0.397 bits per heavy atom. The van der Waals surface area contributed by atoms with Crippen molar-refractivity contribution in [1.29, 1.82) is 0 Å². The van der Waals surface area contributed by atoms with Crippen molar-refractivity contribution in [2.24, 2.45) is 0 Å². The third-order valence-corrected chi connectivity index (χ3v) is 18.9. The van der Waals surface area contributed by atoms with Gasteiger partial charge in [0.2, 0.25) is 0 Å². The molecule has 8 heterocycles. The Kier molecular flexibility index (Phi) is 12.5. The fourth-order valence-electron chi connectivity index (χ4n) is 10.7. The lowest BCUT2D eigenvalue weighted by molar-refractivity contribution is 0.173. The molecule has 10 nitrogen and oxygen atoms in total. The number of ether oxygens (including phenoxy) is 8. The standard InChI is InChI=1S/C64H52N2O8S4/c1-37-53-57(71-33-29-67-53)61(75-37)43-9-21-49(22-10-43)65(50-23-11-44(12-24-50)62-58-54(38(2)76-62)68-30-34-72-58)47-17-5-41(6-18-47)42-7-19-48(20-8-42)66(51-25-13-45(14-26-51)63-59-55(39(3)77-63)69-31-35-73-59)52-27-15-46(16-28-52)64-60-56(40(4)78-64)70-32-36-74-60/h5-28H,29-36H2,1-4H3. The molecule has 0 spiro atoms. The van der Waals surface area contributed by atoms with Gasteiger partial charge in [-0.05, 0) is 134 Å². The molecule has 4 aromatic heterocycles. The number of hydrogen-bond acceptors (Lipinski definition) is 14. The van der Waals surface area contributed by atoms with Crippen molar-refractivity contribution in [3.63, 3.8) is 0 Å². The minimum Gasteiger partial charge on any atom is -0.485 e. The Balaban J connectivity index is 0.787. The topological polar surface area (TPSA) is 80.3 Å². The number of benzene rings is 6. The molecule has 6 aromatic carbocycles. The monoisotopic (exact) mass is 1100 g/mol. The van der Waals surface area contributed by atoms with Crippen LogP contribution in [0.5, 0.6) is 46.0 Å². The van der Waals surface area contributed by atoms with Crippen LogP contribution in [0.4, 0.5) is 34.1 Å². The quantitative estimate of drug-likeness (QED) is 0.125. The average molecular weight is 1110 g/mol. The normalized spacial score (nSPS) is 14.1. The van der Waals surface area contributed by atoms with Crippen LogP contribution in [-0.2, 0) is 0 Å². The minimum atomic E-state index is 0.545. The molecule has 0 bridgehead atoms. The van der Waals surface area contributed by atoms with E-state index in [0.29, 0.717) is 52.9 Å². The molecule has 0 saturated carbocycles. The number of fused-ring (bicyclic) bond motifs is 4. The largest absolute Gasteiger partial charge is 0.485 e. The molecular weight excluding hydrogens is 1050 g/mol. The smallest absolute Gasteiger partial charge is 0.180 e. The molecule has 390 valence electrons. The third kappa shape index (κ3) is 8.67. The van der Waals surface area contributed by atoms with Gasteiger partial charge >= 0.3 is 0 Å². The lowest BCUT2D eigenvalue weighted by atomic mass is 10.0. The maximum Gasteiger partial charge on any atom is 0.180 e. The Labute approximate surface area is 468 Å². The maximum atomic E-state index is 6.15. The van der Waals surface area contributed by atoms with E-state index in [4.69, 9.17) is 37.9 Å². The number of hydrogen-bond donors (Lipinski definition) is 0. The fraction of sp³-hybridized carbons (Fsp3) is 0.188. The summed E-state index contributed by atoms with van der Waals surface area (Å²) in [5.41, 5.74) is 12.8. The molecule has 0 atom stereocenters. The van der Waals surface area contributed by atoms with E-state index in [9.17, 15) is 0 Å². The number of thiophene rings is 4. The molecule has 0 radical (unpaired) electrons. The molecule has 0 aliphatic carbocycles. The van der Waals surface area contributed by atoms with E-state index in [2.05, 4.69) is 183 Å². The average Bonchev–Trinajstić information content (AvgIpc) is 4.29. The van der Waals surface area contributed by atoms with Crippen LogP contribution in [0, 0.1) is 27.7 Å². The van der Waals surface area contributed by atoms with Crippen LogP contribution in [0.25, 0.3) is 52.9 Å². The van der Waals surface area contributed by atoms with E-state index in [0.717, 1.165) is 153 Å².